The molecule has 2 heteroatoms. The van der Waals surface area contributed by atoms with E-state index >= 15 is 0 Å². The number of ether oxygens (including phenoxy) is 1. The third-order valence-electron chi connectivity index (χ3n) is 3.63. The smallest absolute Gasteiger partial charge is 0.0647 e. The summed E-state index contributed by atoms with van der Waals surface area (Å²) in [6.45, 7) is 7.79. The highest BCUT2D eigenvalue weighted by Gasteiger charge is 2.47. The maximum atomic E-state index is 5.91. The lowest BCUT2D eigenvalue weighted by Gasteiger charge is -2.48. The Morgan fingerprint density at radius 2 is 1.87 bits per heavy atom. The minimum absolute atomic E-state index is 0.337. The molecule has 0 amide bonds. The van der Waals surface area contributed by atoms with Gasteiger partial charge >= 0.3 is 0 Å². The zero-order chi connectivity index (χ0) is 11.3. The van der Waals surface area contributed by atoms with Gasteiger partial charge in [0.15, 0.2) is 0 Å². The van der Waals surface area contributed by atoms with Crippen LogP contribution in [0.3, 0.4) is 0 Å². The first-order valence-corrected chi connectivity index (χ1v) is 7.26. The molecule has 0 saturated heterocycles. The van der Waals surface area contributed by atoms with Gasteiger partial charge in [0.05, 0.1) is 6.10 Å². The molecule has 0 bridgehead atoms. The van der Waals surface area contributed by atoms with Gasteiger partial charge < -0.3 is 4.74 Å². The third kappa shape index (κ3) is 3.74. The molecule has 1 aliphatic carbocycles. The number of hydrogen-bond donors (Lipinski definition) is 0. The topological polar surface area (TPSA) is 9.23 Å². The predicted molar refractivity (Wildman–Crippen MR) is 69.6 cm³/mol. The first-order chi connectivity index (χ1) is 7.09. The van der Waals surface area contributed by atoms with Crippen LogP contribution in [0.5, 0.6) is 0 Å². The molecule has 15 heavy (non-hydrogen) atoms. The normalized spacial score (nSPS) is 28.8. The van der Waals surface area contributed by atoms with E-state index < -0.39 is 0 Å². The molecule has 1 rings (SSSR count). The van der Waals surface area contributed by atoms with E-state index in [4.69, 9.17) is 4.74 Å². The molecule has 0 aromatic rings. The Balaban J connectivity index is 1.97. The lowest BCUT2D eigenvalue weighted by atomic mass is 9.69. The molecule has 1 fully saturated rings. The lowest BCUT2D eigenvalue weighted by molar-refractivity contribution is -0.0857. The van der Waals surface area contributed by atoms with Gasteiger partial charge in [0.2, 0.25) is 0 Å². The summed E-state index contributed by atoms with van der Waals surface area (Å²) in [5.41, 5.74) is 0.337. The summed E-state index contributed by atoms with van der Waals surface area (Å²) >= 11 is 3.69. The fraction of sp³-hybridized carbons (Fsp3) is 1.00. The minimum atomic E-state index is 0.337. The fourth-order valence-electron chi connectivity index (χ4n) is 2.05. The first-order valence-electron chi connectivity index (χ1n) is 6.34. The minimum Gasteiger partial charge on any atom is -0.378 e. The highest BCUT2D eigenvalue weighted by molar-refractivity contribution is 9.09. The van der Waals surface area contributed by atoms with Crippen LogP contribution in [-0.4, -0.2) is 17.5 Å². The van der Waals surface area contributed by atoms with E-state index in [1.165, 1.54) is 38.5 Å². The van der Waals surface area contributed by atoms with E-state index in [9.17, 15) is 0 Å². The Morgan fingerprint density at radius 3 is 2.40 bits per heavy atom. The van der Waals surface area contributed by atoms with Crippen molar-refractivity contribution in [2.24, 2.45) is 5.41 Å². The highest BCUT2D eigenvalue weighted by Crippen LogP contribution is 2.47. The van der Waals surface area contributed by atoms with Crippen molar-refractivity contribution in [3.63, 3.8) is 0 Å². The van der Waals surface area contributed by atoms with Gasteiger partial charge in [0, 0.05) is 16.8 Å². The van der Waals surface area contributed by atoms with Crippen LogP contribution in [0, 0.1) is 5.41 Å². The van der Waals surface area contributed by atoms with Crippen molar-refractivity contribution in [2.75, 3.05) is 6.61 Å². The Kier molecular flexibility index (Phi) is 5.62. The first kappa shape index (κ1) is 13.5. The summed E-state index contributed by atoms with van der Waals surface area (Å²) in [5.74, 6) is 0. The summed E-state index contributed by atoms with van der Waals surface area (Å²) in [4.78, 5) is 0.648. The standard InChI is InChI=1S/C13H25BrO/c1-4-5-6-7-8-9-15-12-10-11(14)13(12,2)3/h11-12H,4-10H2,1-3H3. The second-order valence-corrected chi connectivity index (χ2v) is 6.40. The van der Waals surface area contributed by atoms with Gasteiger partial charge in [-0.3, -0.25) is 0 Å². The number of hydrogen-bond acceptors (Lipinski definition) is 1. The SMILES string of the molecule is CCCCCCCOC1CC(Br)C1(C)C. The van der Waals surface area contributed by atoms with E-state index in [0.717, 1.165) is 6.61 Å². The predicted octanol–water partition coefficient (Wildman–Crippen LogP) is 4.54. The Morgan fingerprint density at radius 1 is 1.20 bits per heavy atom. The molecule has 2 atom stereocenters. The summed E-state index contributed by atoms with van der Waals surface area (Å²) in [5, 5.41) is 0. The van der Waals surface area contributed by atoms with Gasteiger partial charge in [-0.2, -0.15) is 0 Å². The zero-order valence-corrected chi connectivity index (χ0v) is 12.0. The molecule has 0 N–H and O–H groups in total. The molecule has 0 aromatic heterocycles. The number of unbranched alkanes of at least 4 members (excludes halogenated alkanes) is 4. The van der Waals surface area contributed by atoms with Crippen molar-refractivity contribution >= 4 is 15.9 Å². The van der Waals surface area contributed by atoms with E-state index in [0.29, 0.717) is 16.3 Å². The Labute approximate surface area is 103 Å². The maximum absolute atomic E-state index is 5.91. The summed E-state index contributed by atoms with van der Waals surface area (Å²) in [7, 11) is 0. The number of rotatable bonds is 7. The van der Waals surface area contributed by atoms with Crippen molar-refractivity contribution in [2.45, 2.75) is 70.2 Å². The van der Waals surface area contributed by atoms with Crippen LogP contribution in [-0.2, 0) is 4.74 Å². The van der Waals surface area contributed by atoms with Crippen molar-refractivity contribution in [3.05, 3.63) is 0 Å². The van der Waals surface area contributed by atoms with Crippen molar-refractivity contribution in [3.8, 4) is 0 Å². The molecule has 90 valence electrons. The number of alkyl halides is 1. The van der Waals surface area contributed by atoms with Gasteiger partial charge in [-0.1, -0.05) is 62.4 Å². The quantitative estimate of drug-likeness (QED) is 0.490. The highest BCUT2D eigenvalue weighted by atomic mass is 79.9. The second kappa shape index (κ2) is 6.24. The molecular weight excluding hydrogens is 252 g/mol. The molecule has 0 aliphatic heterocycles. The molecule has 1 saturated carbocycles. The average molecular weight is 277 g/mol. The largest absolute Gasteiger partial charge is 0.378 e. The van der Waals surface area contributed by atoms with Crippen molar-refractivity contribution in [1.29, 1.82) is 0 Å². The van der Waals surface area contributed by atoms with Gasteiger partial charge in [-0.05, 0) is 12.8 Å². The fourth-order valence-corrected chi connectivity index (χ4v) is 2.69. The Bertz CT molecular complexity index is 179. The maximum Gasteiger partial charge on any atom is 0.0647 e. The van der Waals surface area contributed by atoms with Crippen LogP contribution in [0.25, 0.3) is 0 Å². The molecule has 1 aliphatic rings. The third-order valence-corrected chi connectivity index (χ3v) is 5.18. The van der Waals surface area contributed by atoms with Crippen LogP contribution in [0.2, 0.25) is 0 Å². The number of halogens is 1. The van der Waals surface area contributed by atoms with E-state index in [-0.39, 0.29) is 0 Å². The van der Waals surface area contributed by atoms with Crippen molar-refractivity contribution < 1.29 is 4.74 Å². The van der Waals surface area contributed by atoms with E-state index in [2.05, 4.69) is 36.7 Å². The molecular formula is C13H25BrO. The van der Waals surface area contributed by atoms with Crippen LogP contribution in [0.15, 0.2) is 0 Å². The monoisotopic (exact) mass is 276 g/mol. The second-order valence-electron chi connectivity index (χ2n) is 5.30. The molecule has 1 nitrogen and oxygen atoms in total. The van der Waals surface area contributed by atoms with Crippen LogP contribution in [0.1, 0.15) is 59.3 Å². The summed E-state index contributed by atoms with van der Waals surface area (Å²) in [6.07, 6.45) is 8.29. The lowest BCUT2D eigenvalue weighted by Crippen LogP contribution is -2.51. The van der Waals surface area contributed by atoms with Crippen LogP contribution >= 0.6 is 15.9 Å². The van der Waals surface area contributed by atoms with Crippen LogP contribution < -0.4 is 0 Å². The summed E-state index contributed by atoms with van der Waals surface area (Å²) < 4.78 is 5.91. The van der Waals surface area contributed by atoms with E-state index in [1.54, 1.807) is 0 Å². The average Bonchev–Trinajstić information content (AvgIpc) is 2.21. The van der Waals surface area contributed by atoms with Crippen LogP contribution in [0.4, 0.5) is 0 Å². The molecule has 2 unspecified atom stereocenters. The molecule has 0 spiro atoms. The molecule has 0 aromatic carbocycles. The van der Waals surface area contributed by atoms with Crippen molar-refractivity contribution in [1.82, 2.24) is 0 Å². The van der Waals surface area contributed by atoms with E-state index in [1.807, 2.05) is 0 Å². The van der Waals surface area contributed by atoms with Gasteiger partial charge in [-0.25, -0.2) is 0 Å². The zero-order valence-electron chi connectivity index (χ0n) is 10.4. The molecule has 0 radical (unpaired) electrons. The summed E-state index contributed by atoms with van der Waals surface area (Å²) in [6, 6.07) is 0. The molecule has 0 heterocycles. The van der Waals surface area contributed by atoms with Gasteiger partial charge in [-0.15, -0.1) is 0 Å². The Hall–Kier alpha value is 0.440. The van der Waals surface area contributed by atoms with Gasteiger partial charge in [0.1, 0.15) is 0 Å². The van der Waals surface area contributed by atoms with Gasteiger partial charge in [0.25, 0.3) is 0 Å².